The molecular formula is C23H28N2O4. The van der Waals surface area contributed by atoms with E-state index < -0.39 is 5.60 Å². The van der Waals surface area contributed by atoms with E-state index in [1.165, 1.54) is 0 Å². The molecule has 0 saturated carbocycles. The van der Waals surface area contributed by atoms with Gasteiger partial charge < -0.3 is 19.6 Å². The van der Waals surface area contributed by atoms with Crippen molar-refractivity contribution < 1.29 is 19.1 Å². The number of aromatic nitrogens is 1. The Kier molecular flexibility index (Phi) is 6.23. The average molecular weight is 396 g/mol. The first-order chi connectivity index (χ1) is 13.7. The van der Waals surface area contributed by atoms with E-state index in [9.17, 15) is 9.90 Å². The van der Waals surface area contributed by atoms with Gasteiger partial charge in [0.1, 0.15) is 11.3 Å². The van der Waals surface area contributed by atoms with Crippen molar-refractivity contribution >= 4 is 17.0 Å². The SMILES string of the molecule is COc1cccc(-c2nc3ccc(C(=O)NC(C)CCCC(C)(C)O)cc3o2)c1. The number of ether oxygens (including phenoxy) is 1. The van der Waals surface area contributed by atoms with E-state index in [2.05, 4.69) is 10.3 Å². The number of amides is 1. The Bertz CT molecular complexity index is 988. The van der Waals surface area contributed by atoms with E-state index in [-0.39, 0.29) is 11.9 Å². The molecule has 0 aliphatic rings. The molecule has 2 aromatic carbocycles. The quantitative estimate of drug-likeness (QED) is 0.583. The first-order valence-electron chi connectivity index (χ1n) is 9.83. The van der Waals surface area contributed by atoms with Gasteiger partial charge in [-0.05, 0) is 76.4 Å². The number of aliphatic hydroxyl groups is 1. The van der Waals surface area contributed by atoms with Crippen LogP contribution in [0.25, 0.3) is 22.6 Å². The van der Waals surface area contributed by atoms with Gasteiger partial charge in [0.2, 0.25) is 5.89 Å². The van der Waals surface area contributed by atoms with E-state index >= 15 is 0 Å². The van der Waals surface area contributed by atoms with E-state index in [0.717, 1.165) is 24.2 Å². The van der Waals surface area contributed by atoms with Gasteiger partial charge in [0.05, 0.1) is 12.7 Å². The Hall–Kier alpha value is -2.86. The molecule has 1 aromatic heterocycles. The molecule has 1 amide bonds. The summed E-state index contributed by atoms with van der Waals surface area (Å²) in [6.07, 6.45) is 2.35. The average Bonchev–Trinajstić information content (AvgIpc) is 3.10. The minimum atomic E-state index is -0.679. The first-order valence-corrected chi connectivity index (χ1v) is 9.83. The van der Waals surface area contributed by atoms with Crippen LogP contribution in [0, 0.1) is 0 Å². The second-order valence-corrected chi connectivity index (χ2v) is 8.01. The zero-order chi connectivity index (χ0) is 21.0. The summed E-state index contributed by atoms with van der Waals surface area (Å²) in [5.41, 5.74) is 1.91. The second-order valence-electron chi connectivity index (χ2n) is 8.01. The summed E-state index contributed by atoms with van der Waals surface area (Å²) in [5.74, 6) is 1.06. The lowest BCUT2D eigenvalue weighted by atomic mass is 9.99. The number of fused-ring (bicyclic) bond motifs is 1. The number of nitrogens with one attached hydrogen (secondary N) is 1. The number of carbonyl (C=O) groups is 1. The summed E-state index contributed by atoms with van der Waals surface area (Å²) in [7, 11) is 1.61. The van der Waals surface area contributed by atoms with Crippen LogP contribution in [-0.2, 0) is 0 Å². The van der Waals surface area contributed by atoms with Gasteiger partial charge in [-0.25, -0.2) is 4.98 Å². The van der Waals surface area contributed by atoms with Crippen molar-refractivity contribution in [3.05, 3.63) is 48.0 Å². The first kappa shape index (κ1) is 20.9. The fourth-order valence-electron chi connectivity index (χ4n) is 3.17. The van der Waals surface area contributed by atoms with Crippen LogP contribution in [0.3, 0.4) is 0 Å². The zero-order valence-corrected chi connectivity index (χ0v) is 17.4. The normalized spacial score (nSPS) is 12.7. The zero-order valence-electron chi connectivity index (χ0n) is 17.4. The maximum absolute atomic E-state index is 12.6. The monoisotopic (exact) mass is 396 g/mol. The molecule has 1 unspecified atom stereocenters. The van der Waals surface area contributed by atoms with Gasteiger partial charge in [-0.15, -0.1) is 0 Å². The number of oxazole rings is 1. The standard InChI is InChI=1S/C23H28N2O4/c1-15(7-6-12-23(2,3)27)24-21(26)16-10-11-19-20(14-16)29-22(25-19)17-8-5-9-18(13-17)28-4/h5,8-11,13-15,27H,6-7,12H2,1-4H3,(H,24,26). The summed E-state index contributed by atoms with van der Waals surface area (Å²) < 4.78 is 11.1. The fraction of sp³-hybridized carbons (Fsp3) is 0.391. The second kappa shape index (κ2) is 8.66. The molecule has 6 heteroatoms. The lowest BCUT2D eigenvalue weighted by molar-refractivity contribution is 0.0674. The molecule has 0 aliphatic carbocycles. The number of rotatable bonds is 8. The third-order valence-electron chi connectivity index (χ3n) is 4.77. The van der Waals surface area contributed by atoms with Crippen LogP contribution in [-0.4, -0.2) is 34.8 Å². The highest BCUT2D eigenvalue weighted by Gasteiger charge is 2.16. The Balaban J connectivity index is 1.69. The van der Waals surface area contributed by atoms with Crippen molar-refractivity contribution in [2.24, 2.45) is 0 Å². The van der Waals surface area contributed by atoms with Crippen LogP contribution in [0.2, 0.25) is 0 Å². The predicted octanol–water partition coefficient (Wildman–Crippen LogP) is 4.56. The van der Waals surface area contributed by atoms with Gasteiger partial charge in [0.15, 0.2) is 5.58 Å². The molecule has 1 atom stereocenters. The van der Waals surface area contributed by atoms with Crippen molar-refractivity contribution in [3.8, 4) is 17.2 Å². The van der Waals surface area contributed by atoms with Gasteiger partial charge in [0, 0.05) is 17.2 Å². The number of carbonyl (C=O) groups excluding carboxylic acids is 1. The van der Waals surface area contributed by atoms with Gasteiger partial charge in [-0.1, -0.05) is 6.07 Å². The predicted molar refractivity (Wildman–Crippen MR) is 113 cm³/mol. The number of hydrogen-bond donors (Lipinski definition) is 2. The maximum atomic E-state index is 12.6. The van der Waals surface area contributed by atoms with E-state index in [0.29, 0.717) is 29.0 Å². The lowest BCUT2D eigenvalue weighted by Gasteiger charge is -2.19. The maximum Gasteiger partial charge on any atom is 0.251 e. The number of hydrogen-bond acceptors (Lipinski definition) is 5. The van der Waals surface area contributed by atoms with Crippen LogP contribution >= 0.6 is 0 Å². The molecule has 0 saturated heterocycles. The molecule has 3 aromatic rings. The molecule has 29 heavy (non-hydrogen) atoms. The van der Waals surface area contributed by atoms with Crippen molar-refractivity contribution in [2.45, 2.75) is 51.7 Å². The van der Waals surface area contributed by atoms with E-state index in [1.54, 1.807) is 39.2 Å². The van der Waals surface area contributed by atoms with Gasteiger partial charge >= 0.3 is 0 Å². The van der Waals surface area contributed by atoms with Crippen molar-refractivity contribution in [1.82, 2.24) is 10.3 Å². The molecule has 6 nitrogen and oxygen atoms in total. The number of methoxy groups -OCH3 is 1. The summed E-state index contributed by atoms with van der Waals surface area (Å²) in [4.78, 5) is 17.1. The molecule has 0 radical (unpaired) electrons. The lowest BCUT2D eigenvalue weighted by Crippen LogP contribution is -2.33. The molecule has 0 bridgehead atoms. The molecule has 3 rings (SSSR count). The third-order valence-corrected chi connectivity index (χ3v) is 4.77. The summed E-state index contributed by atoms with van der Waals surface area (Å²) >= 11 is 0. The molecule has 0 fully saturated rings. The fourth-order valence-corrected chi connectivity index (χ4v) is 3.17. The molecule has 2 N–H and O–H groups in total. The van der Waals surface area contributed by atoms with Gasteiger partial charge in [-0.2, -0.15) is 0 Å². The van der Waals surface area contributed by atoms with Crippen LogP contribution in [0.15, 0.2) is 46.9 Å². The highest BCUT2D eigenvalue weighted by Crippen LogP contribution is 2.27. The van der Waals surface area contributed by atoms with E-state index in [4.69, 9.17) is 9.15 Å². The molecular weight excluding hydrogens is 368 g/mol. The van der Waals surface area contributed by atoms with E-state index in [1.807, 2.05) is 31.2 Å². The number of benzene rings is 2. The Morgan fingerprint density at radius 3 is 2.79 bits per heavy atom. The third kappa shape index (κ3) is 5.57. The molecule has 0 spiro atoms. The topological polar surface area (TPSA) is 84.6 Å². The Morgan fingerprint density at radius 2 is 2.07 bits per heavy atom. The minimum absolute atomic E-state index is 0.0163. The summed E-state index contributed by atoms with van der Waals surface area (Å²) in [5, 5.41) is 12.8. The smallest absolute Gasteiger partial charge is 0.251 e. The molecule has 0 aliphatic heterocycles. The highest BCUT2D eigenvalue weighted by atomic mass is 16.5. The van der Waals surface area contributed by atoms with Gasteiger partial charge in [0.25, 0.3) is 5.91 Å². The van der Waals surface area contributed by atoms with Crippen molar-refractivity contribution in [1.29, 1.82) is 0 Å². The van der Waals surface area contributed by atoms with Crippen molar-refractivity contribution in [3.63, 3.8) is 0 Å². The Labute approximate surface area is 170 Å². The van der Waals surface area contributed by atoms with Crippen LogP contribution < -0.4 is 10.1 Å². The number of nitrogens with zero attached hydrogens (tertiary/aromatic N) is 1. The molecule has 154 valence electrons. The largest absolute Gasteiger partial charge is 0.497 e. The van der Waals surface area contributed by atoms with Crippen LogP contribution in [0.5, 0.6) is 5.75 Å². The summed E-state index contributed by atoms with van der Waals surface area (Å²) in [6.45, 7) is 5.56. The van der Waals surface area contributed by atoms with Gasteiger partial charge in [-0.3, -0.25) is 4.79 Å². The minimum Gasteiger partial charge on any atom is -0.497 e. The highest BCUT2D eigenvalue weighted by molar-refractivity contribution is 5.97. The van der Waals surface area contributed by atoms with Crippen LogP contribution in [0.1, 0.15) is 50.4 Å². The summed E-state index contributed by atoms with van der Waals surface area (Å²) in [6, 6.07) is 12.8. The van der Waals surface area contributed by atoms with Crippen molar-refractivity contribution in [2.75, 3.05) is 7.11 Å². The Morgan fingerprint density at radius 1 is 1.28 bits per heavy atom. The molecule has 1 heterocycles. The van der Waals surface area contributed by atoms with Crippen LogP contribution in [0.4, 0.5) is 0 Å².